The molecule has 1 heterocycles. The standard InChI is InChI=1S/C14H25N3/c1-13(2,3)11-7-10(17(6)16-11)12-9(8-15)14(12,4)5/h7,9,12H,8,15H2,1-6H3. The summed E-state index contributed by atoms with van der Waals surface area (Å²) in [6, 6.07) is 2.27. The molecule has 1 aliphatic rings. The summed E-state index contributed by atoms with van der Waals surface area (Å²) in [7, 11) is 2.05. The fraction of sp³-hybridized carbons (Fsp3) is 0.786. The number of hydrogen-bond donors (Lipinski definition) is 1. The Morgan fingerprint density at radius 1 is 1.41 bits per heavy atom. The third kappa shape index (κ3) is 1.90. The van der Waals surface area contributed by atoms with Crippen molar-refractivity contribution in [1.82, 2.24) is 9.78 Å². The van der Waals surface area contributed by atoms with Gasteiger partial charge >= 0.3 is 0 Å². The lowest BCUT2D eigenvalue weighted by molar-refractivity contribution is 0.544. The Morgan fingerprint density at radius 3 is 2.35 bits per heavy atom. The maximum atomic E-state index is 5.85. The van der Waals surface area contributed by atoms with E-state index in [1.54, 1.807) is 0 Å². The summed E-state index contributed by atoms with van der Waals surface area (Å²) in [5.41, 5.74) is 8.82. The molecule has 0 bridgehead atoms. The highest BCUT2D eigenvalue weighted by molar-refractivity contribution is 5.30. The summed E-state index contributed by atoms with van der Waals surface area (Å²) in [5.74, 6) is 1.17. The van der Waals surface area contributed by atoms with Crippen LogP contribution in [-0.4, -0.2) is 16.3 Å². The molecule has 0 aromatic carbocycles. The quantitative estimate of drug-likeness (QED) is 0.855. The van der Waals surface area contributed by atoms with Gasteiger partial charge in [-0.1, -0.05) is 34.6 Å². The minimum atomic E-state index is 0.118. The van der Waals surface area contributed by atoms with E-state index < -0.39 is 0 Å². The largest absolute Gasteiger partial charge is 0.330 e. The first kappa shape index (κ1) is 12.6. The Labute approximate surface area is 104 Å². The molecule has 0 radical (unpaired) electrons. The molecule has 2 unspecified atom stereocenters. The molecule has 1 aromatic rings. The molecule has 3 heteroatoms. The van der Waals surface area contributed by atoms with Crippen LogP contribution in [-0.2, 0) is 12.5 Å². The van der Waals surface area contributed by atoms with Gasteiger partial charge in [0.2, 0.25) is 0 Å². The molecular weight excluding hydrogens is 210 g/mol. The first-order valence-electron chi connectivity index (χ1n) is 6.44. The van der Waals surface area contributed by atoms with Crippen LogP contribution in [0.15, 0.2) is 6.07 Å². The monoisotopic (exact) mass is 235 g/mol. The van der Waals surface area contributed by atoms with Crippen molar-refractivity contribution in [2.24, 2.45) is 24.1 Å². The first-order valence-corrected chi connectivity index (χ1v) is 6.44. The van der Waals surface area contributed by atoms with Crippen molar-refractivity contribution in [1.29, 1.82) is 0 Å². The van der Waals surface area contributed by atoms with Crippen molar-refractivity contribution in [2.75, 3.05) is 6.54 Å². The maximum Gasteiger partial charge on any atom is 0.0680 e. The van der Waals surface area contributed by atoms with E-state index >= 15 is 0 Å². The third-order valence-corrected chi connectivity index (χ3v) is 4.31. The van der Waals surface area contributed by atoms with Gasteiger partial charge in [0.1, 0.15) is 0 Å². The topological polar surface area (TPSA) is 43.8 Å². The average Bonchev–Trinajstić information content (AvgIpc) is 2.52. The second kappa shape index (κ2) is 3.58. The molecule has 2 atom stereocenters. The van der Waals surface area contributed by atoms with E-state index in [1.807, 2.05) is 11.7 Å². The summed E-state index contributed by atoms with van der Waals surface area (Å²) in [6.45, 7) is 12.0. The number of nitrogens with zero attached hydrogens (tertiary/aromatic N) is 2. The molecule has 96 valence electrons. The highest BCUT2D eigenvalue weighted by Gasteiger charge is 2.58. The van der Waals surface area contributed by atoms with E-state index in [2.05, 4.69) is 45.8 Å². The highest BCUT2D eigenvalue weighted by atomic mass is 15.3. The summed E-state index contributed by atoms with van der Waals surface area (Å²) in [4.78, 5) is 0. The molecule has 2 N–H and O–H groups in total. The van der Waals surface area contributed by atoms with Gasteiger partial charge < -0.3 is 5.73 Å². The van der Waals surface area contributed by atoms with Crippen LogP contribution in [0.1, 0.15) is 51.9 Å². The summed E-state index contributed by atoms with van der Waals surface area (Å²) in [6.07, 6.45) is 0. The molecule has 1 saturated carbocycles. The molecule has 1 fully saturated rings. The zero-order valence-corrected chi connectivity index (χ0v) is 11.9. The van der Waals surface area contributed by atoms with Crippen LogP contribution in [0.5, 0.6) is 0 Å². The highest BCUT2D eigenvalue weighted by Crippen LogP contribution is 2.63. The van der Waals surface area contributed by atoms with Gasteiger partial charge in [0.15, 0.2) is 0 Å². The summed E-state index contributed by atoms with van der Waals surface area (Å²) >= 11 is 0. The van der Waals surface area contributed by atoms with E-state index in [4.69, 9.17) is 5.73 Å². The lowest BCUT2D eigenvalue weighted by Gasteiger charge is -2.13. The molecular formula is C14H25N3. The second-order valence-corrected chi connectivity index (χ2v) is 6.97. The Morgan fingerprint density at radius 2 is 2.00 bits per heavy atom. The third-order valence-electron chi connectivity index (χ3n) is 4.31. The van der Waals surface area contributed by atoms with Crippen LogP contribution in [0.25, 0.3) is 0 Å². The van der Waals surface area contributed by atoms with Gasteiger partial charge in [0.25, 0.3) is 0 Å². The molecule has 1 aromatic heterocycles. The van der Waals surface area contributed by atoms with Gasteiger partial charge in [-0.25, -0.2) is 0 Å². The number of rotatable bonds is 2. The van der Waals surface area contributed by atoms with E-state index in [1.165, 1.54) is 11.4 Å². The average molecular weight is 235 g/mol. The van der Waals surface area contributed by atoms with Gasteiger partial charge in [0, 0.05) is 24.1 Å². The Kier molecular flexibility index (Phi) is 2.66. The molecule has 0 aliphatic heterocycles. The van der Waals surface area contributed by atoms with Crippen molar-refractivity contribution in [3.63, 3.8) is 0 Å². The van der Waals surface area contributed by atoms with Crippen LogP contribution in [0.3, 0.4) is 0 Å². The predicted octanol–water partition coefficient (Wildman–Crippen LogP) is 2.42. The molecule has 0 saturated heterocycles. The zero-order chi connectivity index (χ0) is 13.0. The van der Waals surface area contributed by atoms with Crippen molar-refractivity contribution in [2.45, 2.75) is 46.0 Å². The smallest absolute Gasteiger partial charge is 0.0680 e. The van der Waals surface area contributed by atoms with Gasteiger partial charge in [-0.15, -0.1) is 0 Å². The summed E-state index contributed by atoms with van der Waals surface area (Å²) in [5, 5.41) is 4.65. The maximum absolute atomic E-state index is 5.85. The number of hydrogen-bond acceptors (Lipinski definition) is 2. The Bertz CT molecular complexity index is 423. The number of nitrogens with two attached hydrogens (primary N) is 1. The van der Waals surface area contributed by atoms with E-state index in [-0.39, 0.29) is 5.41 Å². The molecule has 1 aliphatic carbocycles. The van der Waals surface area contributed by atoms with Gasteiger partial charge in [-0.05, 0) is 23.9 Å². The summed E-state index contributed by atoms with van der Waals surface area (Å²) < 4.78 is 2.04. The number of aryl methyl sites for hydroxylation is 1. The molecule has 2 rings (SSSR count). The van der Waals surface area contributed by atoms with Crippen LogP contribution >= 0.6 is 0 Å². The molecule has 3 nitrogen and oxygen atoms in total. The van der Waals surface area contributed by atoms with E-state index in [0.29, 0.717) is 17.3 Å². The molecule has 0 spiro atoms. The minimum absolute atomic E-state index is 0.118. The van der Waals surface area contributed by atoms with Crippen LogP contribution < -0.4 is 5.73 Å². The molecule has 17 heavy (non-hydrogen) atoms. The zero-order valence-electron chi connectivity index (χ0n) is 11.9. The van der Waals surface area contributed by atoms with Crippen molar-refractivity contribution in [3.05, 3.63) is 17.5 Å². The van der Waals surface area contributed by atoms with Crippen LogP contribution in [0.4, 0.5) is 0 Å². The van der Waals surface area contributed by atoms with E-state index in [0.717, 1.165) is 6.54 Å². The van der Waals surface area contributed by atoms with Crippen molar-refractivity contribution < 1.29 is 0 Å². The SMILES string of the molecule is Cn1nc(C(C)(C)C)cc1C1C(CN)C1(C)C. The lowest BCUT2D eigenvalue weighted by atomic mass is 9.92. The van der Waals surface area contributed by atoms with Crippen LogP contribution in [0.2, 0.25) is 0 Å². The Balaban J connectivity index is 2.33. The van der Waals surface area contributed by atoms with Crippen molar-refractivity contribution >= 4 is 0 Å². The molecule has 0 amide bonds. The fourth-order valence-electron chi connectivity index (χ4n) is 2.91. The van der Waals surface area contributed by atoms with Gasteiger partial charge in [-0.3, -0.25) is 4.68 Å². The fourth-order valence-corrected chi connectivity index (χ4v) is 2.91. The second-order valence-electron chi connectivity index (χ2n) is 6.97. The normalized spacial score (nSPS) is 27.2. The first-order chi connectivity index (χ1) is 7.69. The van der Waals surface area contributed by atoms with E-state index in [9.17, 15) is 0 Å². The van der Waals surface area contributed by atoms with Crippen molar-refractivity contribution in [3.8, 4) is 0 Å². The van der Waals surface area contributed by atoms with Gasteiger partial charge in [-0.2, -0.15) is 5.10 Å². The van der Waals surface area contributed by atoms with Gasteiger partial charge in [0.05, 0.1) is 5.69 Å². The Hall–Kier alpha value is -0.830. The number of aromatic nitrogens is 2. The van der Waals surface area contributed by atoms with Crippen LogP contribution in [0, 0.1) is 11.3 Å². The predicted molar refractivity (Wildman–Crippen MR) is 71.0 cm³/mol. The minimum Gasteiger partial charge on any atom is -0.330 e. The lowest BCUT2D eigenvalue weighted by Crippen LogP contribution is -2.12.